The summed E-state index contributed by atoms with van der Waals surface area (Å²) < 4.78 is 26.6. The third-order valence-electron chi connectivity index (χ3n) is 3.17. The number of pyridine rings is 1. The number of nitrogens with zero attached hydrogens (tertiary/aromatic N) is 1. The van der Waals surface area contributed by atoms with Crippen LogP contribution >= 0.6 is 0 Å². The Labute approximate surface area is 115 Å². The summed E-state index contributed by atoms with van der Waals surface area (Å²) in [7, 11) is 0. The van der Waals surface area contributed by atoms with Crippen molar-refractivity contribution in [3.05, 3.63) is 65.9 Å². The van der Waals surface area contributed by atoms with Crippen LogP contribution in [0.5, 0.6) is 0 Å². The van der Waals surface area contributed by atoms with Gasteiger partial charge in [0.05, 0.1) is 11.2 Å². The van der Waals surface area contributed by atoms with E-state index in [2.05, 4.69) is 10.3 Å². The van der Waals surface area contributed by atoms with E-state index in [0.717, 1.165) is 28.2 Å². The molecule has 0 saturated heterocycles. The van der Waals surface area contributed by atoms with E-state index in [9.17, 15) is 8.78 Å². The maximum absolute atomic E-state index is 13.7. The van der Waals surface area contributed by atoms with Gasteiger partial charge >= 0.3 is 0 Å². The van der Waals surface area contributed by atoms with Crippen molar-refractivity contribution < 1.29 is 8.78 Å². The summed E-state index contributed by atoms with van der Waals surface area (Å²) in [6.07, 6.45) is 1.67. The molecule has 0 amide bonds. The number of hydrogen-bond donors (Lipinski definition) is 1. The quantitative estimate of drug-likeness (QED) is 0.738. The lowest BCUT2D eigenvalue weighted by atomic mass is 10.1. The number of aromatic nitrogens is 1. The van der Waals surface area contributed by atoms with E-state index in [1.807, 2.05) is 25.1 Å². The van der Waals surface area contributed by atoms with Crippen LogP contribution in [0.1, 0.15) is 5.56 Å². The van der Waals surface area contributed by atoms with Gasteiger partial charge in [0, 0.05) is 23.3 Å². The molecule has 3 aromatic rings. The SMILES string of the molecule is Cc1cccc2c(Nc3ccc(F)cc3F)ccnc12. The lowest BCUT2D eigenvalue weighted by Crippen LogP contribution is -1.96. The van der Waals surface area contributed by atoms with Crippen molar-refractivity contribution in [2.24, 2.45) is 0 Å². The van der Waals surface area contributed by atoms with Gasteiger partial charge in [0.2, 0.25) is 0 Å². The minimum Gasteiger partial charge on any atom is -0.353 e. The summed E-state index contributed by atoms with van der Waals surface area (Å²) in [5, 5.41) is 3.89. The van der Waals surface area contributed by atoms with Gasteiger partial charge in [-0.2, -0.15) is 0 Å². The zero-order chi connectivity index (χ0) is 14.1. The molecule has 0 spiro atoms. The van der Waals surface area contributed by atoms with Crippen LogP contribution in [0.15, 0.2) is 48.7 Å². The highest BCUT2D eigenvalue weighted by Gasteiger charge is 2.07. The van der Waals surface area contributed by atoms with Crippen molar-refractivity contribution >= 4 is 22.3 Å². The van der Waals surface area contributed by atoms with Crippen LogP contribution in [0.4, 0.5) is 20.2 Å². The van der Waals surface area contributed by atoms with E-state index < -0.39 is 11.6 Å². The van der Waals surface area contributed by atoms with Crippen LogP contribution in [0.25, 0.3) is 10.9 Å². The molecule has 0 fully saturated rings. The minimum atomic E-state index is -0.623. The van der Waals surface area contributed by atoms with Crippen LogP contribution in [0.2, 0.25) is 0 Å². The van der Waals surface area contributed by atoms with E-state index in [-0.39, 0.29) is 5.69 Å². The monoisotopic (exact) mass is 270 g/mol. The molecule has 0 atom stereocenters. The Morgan fingerprint density at radius 1 is 1.00 bits per heavy atom. The van der Waals surface area contributed by atoms with Gasteiger partial charge in [0.25, 0.3) is 0 Å². The zero-order valence-electron chi connectivity index (χ0n) is 10.8. The first-order valence-electron chi connectivity index (χ1n) is 6.21. The lowest BCUT2D eigenvalue weighted by molar-refractivity contribution is 0.586. The van der Waals surface area contributed by atoms with Gasteiger partial charge in [-0.05, 0) is 30.7 Å². The fourth-order valence-electron chi connectivity index (χ4n) is 2.17. The highest BCUT2D eigenvalue weighted by Crippen LogP contribution is 2.28. The van der Waals surface area contributed by atoms with Crippen molar-refractivity contribution in [2.75, 3.05) is 5.32 Å². The average Bonchev–Trinajstić information content (AvgIpc) is 2.43. The molecule has 3 rings (SSSR count). The number of nitrogens with one attached hydrogen (secondary N) is 1. The molecule has 0 bridgehead atoms. The highest BCUT2D eigenvalue weighted by molar-refractivity contribution is 5.94. The second kappa shape index (κ2) is 4.89. The molecule has 0 radical (unpaired) electrons. The molecule has 4 heteroatoms. The molecule has 1 aromatic heterocycles. The molecule has 0 saturated carbocycles. The Bertz CT molecular complexity index is 785. The number of rotatable bonds is 2. The van der Waals surface area contributed by atoms with Crippen molar-refractivity contribution in [1.82, 2.24) is 4.98 Å². The Kier molecular flexibility index (Phi) is 3.06. The van der Waals surface area contributed by atoms with E-state index >= 15 is 0 Å². The maximum Gasteiger partial charge on any atom is 0.149 e. The van der Waals surface area contributed by atoms with Crippen LogP contribution < -0.4 is 5.32 Å². The van der Waals surface area contributed by atoms with E-state index in [1.165, 1.54) is 12.1 Å². The Morgan fingerprint density at radius 2 is 1.85 bits per heavy atom. The summed E-state index contributed by atoms with van der Waals surface area (Å²) in [5.41, 5.74) is 2.88. The van der Waals surface area contributed by atoms with Crippen molar-refractivity contribution in [1.29, 1.82) is 0 Å². The predicted octanol–water partition coefficient (Wildman–Crippen LogP) is 4.57. The fourth-order valence-corrected chi connectivity index (χ4v) is 2.17. The van der Waals surface area contributed by atoms with E-state index in [1.54, 1.807) is 12.3 Å². The number of para-hydroxylation sites is 1. The number of benzene rings is 2. The molecule has 100 valence electrons. The van der Waals surface area contributed by atoms with Crippen molar-refractivity contribution in [3.63, 3.8) is 0 Å². The first-order valence-corrected chi connectivity index (χ1v) is 6.21. The summed E-state index contributed by atoms with van der Waals surface area (Å²) in [4.78, 5) is 4.33. The van der Waals surface area contributed by atoms with E-state index in [0.29, 0.717) is 0 Å². The van der Waals surface area contributed by atoms with Gasteiger partial charge in [-0.1, -0.05) is 18.2 Å². The summed E-state index contributed by atoms with van der Waals surface area (Å²) in [6.45, 7) is 1.97. The summed E-state index contributed by atoms with van der Waals surface area (Å²) in [5.74, 6) is -1.22. The summed E-state index contributed by atoms with van der Waals surface area (Å²) in [6, 6.07) is 11.0. The number of fused-ring (bicyclic) bond motifs is 1. The lowest BCUT2D eigenvalue weighted by Gasteiger charge is -2.11. The molecule has 0 aliphatic rings. The first kappa shape index (κ1) is 12.5. The first-order chi connectivity index (χ1) is 9.65. The molecule has 2 nitrogen and oxygen atoms in total. The molecule has 0 unspecified atom stereocenters. The molecular formula is C16H12F2N2. The predicted molar refractivity (Wildman–Crippen MR) is 76.1 cm³/mol. The normalized spacial score (nSPS) is 10.8. The van der Waals surface area contributed by atoms with Gasteiger partial charge < -0.3 is 5.32 Å². The molecule has 0 aliphatic heterocycles. The molecule has 20 heavy (non-hydrogen) atoms. The third-order valence-corrected chi connectivity index (χ3v) is 3.17. The number of halogens is 2. The summed E-state index contributed by atoms with van der Waals surface area (Å²) >= 11 is 0. The maximum atomic E-state index is 13.7. The van der Waals surface area contributed by atoms with Crippen molar-refractivity contribution in [2.45, 2.75) is 6.92 Å². The number of aryl methyl sites for hydroxylation is 1. The second-order valence-electron chi connectivity index (χ2n) is 4.58. The van der Waals surface area contributed by atoms with Gasteiger partial charge in [-0.3, -0.25) is 4.98 Å². The van der Waals surface area contributed by atoms with Gasteiger partial charge in [0.1, 0.15) is 11.6 Å². The van der Waals surface area contributed by atoms with Crippen LogP contribution in [0, 0.1) is 18.6 Å². The Balaban J connectivity index is 2.09. The molecular weight excluding hydrogens is 258 g/mol. The molecule has 1 heterocycles. The smallest absolute Gasteiger partial charge is 0.149 e. The molecule has 1 N–H and O–H groups in total. The van der Waals surface area contributed by atoms with Crippen LogP contribution in [-0.2, 0) is 0 Å². The standard InChI is InChI=1S/C16H12F2N2/c1-10-3-2-4-12-14(7-8-19-16(10)12)20-15-6-5-11(17)9-13(15)18/h2-9H,1H3,(H,19,20). The van der Waals surface area contributed by atoms with Gasteiger partial charge in [-0.25, -0.2) is 8.78 Å². The fraction of sp³-hybridized carbons (Fsp3) is 0.0625. The average molecular weight is 270 g/mol. The Morgan fingerprint density at radius 3 is 2.65 bits per heavy atom. The van der Waals surface area contributed by atoms with Crippen LogP contribution in [-0.4, -0.2) is 4.98 Å². The zero-order valence-corrected chi connectivity index (χ0v) is 10.8. The molecule has 0 aliphatic carbocycles. The van der Waals surface area contributed by atoms with Gasteiger partial charge in [0.15, 0.2) is 0 Å². The number of hydrogen-bond acceptors (Lipinski definition) is 2. The van der Waals surface area contributed by atoms with E-state index in [4.69, 9.17) is 0 Å². The van der Waals surface area contributed by atoms with Gasteiger partial charge in [-0.15, -0.1) is 0 Å². The second-order valence-corrected chi connectivity index (χ2v) is 4.58. The molecule has 2 aromatic carbocycles. The Hall–Kier alpha value is -2.49. The van der Waals surface area contributed by atoms with Crippen molar-refractivity contribution in [3.8, 4) is 0 Å². The number of anilines is 2. The topological polar surface area (TPSA) is 24.9 Å². The minimum absolute atomic E-state index is 0.236. The third kappa shape index (κ3) is 2.20. The van der Waals surface area contributed by atoms with Crippen LogP contribution in [0.3, 0.4) is 0 Å². The highest BCUT2D eigenvalue weighted by atomic mass is 19.1. The largest absolute Gasteiger partial charge is 0.353 e.